The van der Waals surface area contributed by atoms with Crippen molar-refractivity contribution in [1.29, 1.82) is 0 Å². The van der Waals surface area contributed by atoms with E-state index in [2.05, 4.69) is 10.3 Å². The van der Waals surface area contributed by atoms with Crippen molar-refractivity contribution in [3.05, 3.63) is 74.2 Å². The van der Waals surface area contributed by atoms with Crippen LogP contribution in [-0.2, 0) is 4.79 Å². The predicted molar refractivity (Wildman–Crippen MR) is 99.8 cm³/mol. The standard InChI is InChI=1S/C18H15N3O3S/c1-11-3-6-14(9-12(11)2)19-18-20-17(22)16(25-18)10-13-4-7-15(8-5-13)21(23)24/h3-10H,1-2H3,(H,19,20,22)/b16-10-. The van der Waals surface area contributed by atoms with Gasteiger partial charge < -0.3 is 5.32 Å². The Kier molecular flexibility index (Phi) is 4.67. The summed E-state index contributed by atoms with van der Waals surface area (Å²) in [7, 11) is 0. The summed E-state index contributed by atoms with van der Waals surface area (Å²) in [6, 6.07) is 11.9. The van der Waals surface area contributed by atoms with Crippen molar-refractivity contribution in [3.63, 3.8) is 0 Å². The van der Waals surface area contributed by atoms with E-state index in [1.807, 2.05) is 32.0 Å². The lowest BCUT2D eigenvalue weighted by atomic mass is 10.1. The fourth-order valence-corrected chi connectivity index (χ4v) is 3.08. The summed E-state index contributed by atoms with van der Waals surface area (Å²) in [4.78, 5) is 27.3. The summed E-state index contributed by atoms with van der Waals surface area (Å²) in [5, 5.41) is 13.9. The van der Waals surface area contributed by atoms with Gasteiger partial charge in [0.25, 0.3) is 11.6 Å². The molecule has 1 fully saturated rings. The van der Waals surface area contributed by atoms with Crippen LogP contribution in [0, 0.1) is 24.0 Å². The third-order valence-corrected chi connectivity index (χ3v) is 4.68. The molecule has 2 aromatic carbocycles. The van der Waals surface area contributed by atoms with Gasteiger partial charge in [-0.25, -0.2) is 4.99 Å². The molecule has 2 aromatic rings. The molecule has 0 aliphatic carbocycles. The molecule has 0 unspecified atom stereocenters. The number of rotatable bonds is 3. The molecule has 1 N–H and O–H groups in total. The normalized spacial score (nSPS) is 17.1. The molecule has 1 saturated heterocycles. The van der Waals surface area contributed by atoms with Crippen LogP contribution in [-0.4, -0.2) is 16.0 Å². The number of hydrogen-bond donors (Lipinski definition) is 1. The van der Waals surface area contributed by atoms with Crippen LogP contribution in [0.2, 0.25) is 0 Å². The summed E-state index contributed by atoms with van der Waals surface area (Å²) in [5.41, 5.74) is 3.84. The Morgan fingerprint density at radius 3 is 2.48 bits per heavy atom. The molecule has 6 nitrogen and oxygen atoms in total. The van der Waals surface area contributed by atoms with Gasteiger partial charge in [0.1, 0.15) is 0 Å². The van der Waals surface area contributed by atoms with E-state index in [4.69, 9.17) is 0 Å². The summed E-state index contributed by atoms with van der Waals surface area (Å²) < 4.78 is 0. The number of amidine groups is 1. The number of thioether (sulfide) groups is 1. The highest BCUT2D eigenvalue weighted by Crippen LogP contribution is 2.29. The van der Waals surface area contributed by atoms with Gasteiger partial charge in [-0.1, -0.05) is 6.07 Å². The number of aliphatic imine (C=N–C) groups is 1. The van der Waals surface area contributed by atoms with E-state index in [-0.39, 0.29) is 11.6 Å². The Bertz CT molecular complexity index is 918. The first-order chi connectivity index (χ1) is 11.9. The minimum Gasteiger partial charge on any atom is -0.300 e. The second kappa shape index (κ2) is 6.90. The minimum absolute atomic E-state index is 0.0164. The minimum atomic E-state index is -0.456. The molecular weight excluding hydrogens is 338 g/mol. The molecule has 7 heteroatoms. The Hall–Kier alpha value is -2.93. The van der Waals surface area contributed by atoms with Gasteiger partial charge in [-0.05, 0) is 72.6 Å². The van der Waals surface area contributed by atoms with E-state index in [1.54, 1.807) is 18.2 Å². The third-order valence-electron chi connectivity index (χ3n) is 3.77. The average molecular weight is 353 g/mol. The molecule has 126 valence electrons. The third kappa shape index (κ3) is 3.95. The summed E-state index contributed by atoms with van der Waals surface area (Å²) >= 11 is 1.25. The zero-order valence-corrected chi connectivity index (χ0v) is 14.5. The van der Waals surface area contributed by atoms with E-state index >= 15 is 0 Å². The number of carbonyl (C=O) groups is 1. The van der Waals surface area contributed by atoms with Crippen LogP contribution in [0.25, 0.3) is 6.08 Å². The highest BCUT2D eigenvalue weighted by atomic mass is 32.2. The lowest BCUT2D eigenvalue weighted by Gasteiger charge is -2.01. The molecule has 0 aromatic heterocycles. The van der Waals surface area contributed by atoms with Crippen molar-refractivity contribution in [1.82, 2.24) is 5.32 Å². The van der Waals surface area contributed by atoms with E-state index < -0.39 is 4.92 Å². The number of non-ortho nitro benzene ring substituents is 1. The van der Waals surface area contributed by atoms with Gasteiger partial charge in [0.15, 0.2) is 5.17 Å². The summed E-state index contributed by atoms with van der Waals surface area (Å²) in [6.45, 7) is 4.04. The van der Waals surface area contributed by atoms with Gasteiger partial charge in [-0.3, -0.25) is 14.9 Å². The predicted octanol–water partition coefficient (Wildman–Crippen LogP) is 4.10. The second-order valence-corrected chi connectivity index (χ2v) is 6.63. The quantitative estimate of drug-likeness (QED) is 0.511. The Morgan fingerprint density at radius 2 is 1.84 bits per heavy atom. The van der Waals surface area contributed by atoms with Crippen LogP contribution in [0.3, 0.4) is 0 Å². The van der Waals surface area contributed by atoms with E-state index in [9.17, 15) is 14.9 Å². The van der Waals surface area contributed by atoms with E-state index in [0.29, 0.717) is 10.1 Å². The molecular formula is C18H15N3O3S. The maximum absolute atomic E-state index is 12.1. The van der Waals surface area contributed by atoms with Crippen LogP contribution in [0.4, 0.5) is 11.4 Å². The van der Waals surface area contributed by atoms with Gasteiger partial charge in [-0.2, -0.15) is 0 Å². The number of aryl methyl sites for hydroxylation is 2. The Morgan fingerprint density at radius 1 is 1.12 bits per heavy atom. The summed E-state index contributed by atoms with van der Waals surface area (Å²) in [6.07, 6.45) is 1.69. The first kappa shape index (κ1) is 16.9. The first-order valence-electron chi connectivity index (χ1n) is 7.54. The molecule has 1 aliphatic rings. The van der Waals surface area contributed by atoms with Gasteiger partial charge in [0.2, 0.25) is 0 Å². The first-order valence-corrected chi connectivity index (χ1v) is 8.35. The topological polar surface area (TPSA) is 84.6 Å². The van der Waals surface area contributed by atoms with Crippen LogP contribution < -0.4 is 5.32 Å². The number of nitro groups is 1. The lowest BCUT2D eigenvalue weighted by molar-refractivity contribution is -0.384. The highest BCUT2D eigenvalue weighted by Gasteiger charge is 2.23. The van der Waals surface area contributed by atoms with Crippen molar-refractivity contribution in [2.24, 2.45) is 4.99 Å². The average Bonchev–Trinajstić information content (AvgIpc) is 2.91. The molecule has 25 heavy (non-hydrogen) atoms. The smallest absolute Gasteiger partial charge is 0.269 e. The van der Waals surface area contributed by atoms with Crippen LogP contribution in [0.15, 0.2) is 52.4 Å². The number of carbonyl (C=O) groups excluding carboxylic acids is 1. The molecule has 1 amide bonds. The second-order valence-electron chi connectivity index (χ2n) is 5.60. The highest BCUT2D eigenvalue weighted by molar-refractivity contribution is 8.18. The molecule has 0 radical (unpaired) electrons. The number of nitro benzene ring substituents is 1. The largest absolute Gasteiger partial charge is 0.300 e. The van der Waals surface area contributed by atoms with Crippen molar-refractivity contribution in [2.75, 3.05) is 0 Å². The van der Waals surface area contributed by atoms with Gasteiger partial charge in [0.05, 0.1) is 15.5 Å². The van der Waals surface area contributed by atoms with E-state index in [0.717, 1.165) is 16.8 Å². The number of nitrogens with zero attached hydrogens (tertiary/aromatic N) is 2. The Balaban J connectivity index is 1.80. The molecule has 3 rings (SSSR count). The maximum Gasteiger partial charge on any atom is 0.269 e. The molecule has 0 bridgehead atoms. The fraction of sp³-hybridized carbons (Fsp3) is 0.111. The zero-order chi connectivity index (χ0) is 18.0. The number of amides is 1. The van der Waals surface area contributed by atoms with Crippen LogP contribution in [0.1, 0.15) is 16.7 Å². The van der Waals surface area contributed by atoms with Gasteiger partial charge in [0, 0.05) is 12.1 Å². The maximum atomic E-state index is 12.1. The Labute approximate surface area is 148 Å². The zero-order valence-electron chi connectivity index (χ0n) is 13.6. The van der Waals surface area contributed by atoms with Crippen LogP contribution in [0.5, 0.6) is 0 Å². The summed E-state index contributed by atoms with van der Waals surface area (Å²) in [5.74, 6) is -0.231. The molecule has 1 aliphatic heterocycles. The van der Waals surface area contributed by atoms with E-state index in [1.165, 1.54) is 29.5 Å². The number of nitrogens with one attached hydrogen (secondary N) is 1. The number of benzene rings is 2. The van der Waals surface area contributed by atoms with Crippen molar-refractivity contribution >= 4 is 40.3 Å². The van der Waals surface area contributed by atoms with Gasteiger partial charge in [-0.15, -0.1) is 0 Å². The molecule has 0 spiro atoms. The molecule has 0 atom stereocenters. The van der Waals surface area contributed by atoms with Crippen molar-refractivity contribution in [3.8, 4) is 0 Å². The lowest BCUT2D eigenvalue weighted by Crippen LogP contribution is -2.19. The van der Waals surface area contributed by atoms with Crippen LogP contribution >= 0.6 is 11.8 Å². The van der Waals surface area contributed by atoms with Crippen molar-refractivity contribution in [2.45, 2.75) is 13.8 Å². The monoisotopic (exact) mass is 353 g/mol. The SMILES string of the molecule is Cc1ccc(N=C2NC(=O)/C(=C/c3ccc([N+](=O)[O-])cc3)S2)cc1C. The fourth-order valence-electron chi connectivity index (χ4n) is 2.24. The molecule has 1 heterocycles. The number of hydrogen-bond acceptors (Lipinski definition) is 5. The van der Waals surface area contributed by atoms with Crippen molar-refractivity contribution < 1.29 is 9.72 Å². The van der Waals surface area contributed by atoms with Gasteiger partial charge >= 0.3 is 0 Å². The molecule has 0 saturated carbocycles.